The fraction of sp³-hybridized carbons (Fsp3) is 0.667. The summed E-state index contributed by atoms with van der Waals surface area (Å²) in [5, 5.41) is 9.78. The van der Waals surface area contributed by atoms with Crippen LogP contribution >= 0.6 is 0 Å². The molecule has 0 aliphatic carbocycles. The van der Waals surface area contributed by atoms with Crippen LogP contribution in [0.5, 0.6) is 0 Å². The van der Waals surface area contributed by atoms with Gasteiger partial charge in [0.15, 0.2) is 0 Å². The topological polar surface area (TPSA) is 46.0 Å². The van der Waals surface area contributed by atoms with Gasteiger partial charge in [0.25, 0.3) is 0 Å². The number of hydrogen-bond donors (Lipinski definition) is 1. The molecular formula is C12H20N2O. The Morgan fingerprint density at radius 3 is 2.53 bits per heavy atom. The molecule has 0 aliphatic rings. The Kier molecular flexibility index (Phi) is 4.69. The Balaban J connectivity index is 2.55. The van der Waals surface area contributed by atoms with Crippen molar-refractivity contribution < 1.29 is 5.11 Å². The van der Waals surface area contributed by atoms with Crippen LogP contribution in [0.3, 0.4) is 0 Å². The lowest BCUT2D eigenvalue weighted by molar-refractivity contribution is 0.148. The Morgan fingerprint density at radius 2 is 1.93 bits per heavy atom. The Bertz CT molecular complexity index is 299. The SMILES string of the molecule is CCc1cc(CC(O)CC(C)C)ncn1. The van der Waals surface area contributed by atoms with Crippen molar-refractivity contribution in [3.63, 3.8) is 0 Å². The summed E-state index contributed by atoms with van der Waals surface area (Å²) in [4.78, 5) is 8.30. The molecule has 0 fully saturated rings. The Morgan fingerprint density at radius 1 is 1.27 bits per heavy atom. The minimum atomic E-state index is -0.287. The van der Waals surface area contributed by atoms with Crippen molar-refractivity contribution in [2.24, 2.45) is 5.92 Å². The lowest BCUT2D eigenvalue weighted by Crippen LogP contribution is -2.14. The van der Waals surface area contributed by atoms with E-state index in [2.05, 4.69) is 30.7 Å². The van der Waals surface area contributed by atoms with Crippen LogP contribution in [0.1, 0.15) is 38.6 Å². The van der Waals surface area contributed by atoms with E-state index in [1.165, 1.54) is 0 Å². The monoisotopic (exact) mass is 208 g/mol. The summed E-state index contributed by atoms with van der Waals surface area (Å²) < 4.78 is 0. The summed E-state index contributed by atoms with van der Waals surface area (Å²) in [5.41, 5.74) is 1.98. The minimum absolute atomic E-state index is 0.287. The molecule has 0 spiro atoms. The quantitative estimate of drug-likeness (QED) is 0.805. The molecule has 0 amide bonds. The van der Waals surface area contributed by atoms with Gasteiger partial charge in [-0.05, 0) is 24.8 Å². The number of aryl methyl sites for hydroxylation is 1. The molecule has 0 aromatic carbocycles. The van der Waals surface area contributed by atoms with Crippen molar-refractivity contribution in [2.45, 2.75) is 46.1 Å². The average molecular weight is 208 g/mol. The van der Waals surface area contributed by atoms with E-state index >= 15 is 0 Å². The van der Waals surface area contributed by atoms with Crippen LogP contribution in [-0.2, 0) is 12.8 Å². The molecule has 1 heterocycles. The fourth-order valence-electron chi connectivity index (χ4n) is 1.62. The van der Waals surface area contributed by atoms with Crippen LogP contribution in [0, 0.1) is 5.92 Å². The van der Waals surface area contributed by atoms with E-state index in [-0.39, 0.29) is 6.10 Å². The second-order valence-electron chi connectivity index (χ2n) is 4.34. The zero-order valence-electron chi connectivity index (χ0n) is 9.77. The van der Waals surface area contributed by atoms with Gasteiger partial charge >= 0.3 is 0 Å². The highest BCUT2D eigenvalue weighted by Gasteiger charge is 2.09. The highest BCUT2D eigenvalue weighted by atomic mass is 16.3. The van der Waals surface area contributed by atoms with E-state index in [1.54, 1.807) is 6.33 Å². The smallest absolute Gasteiger partial charge is 0.115 e. The molecule has 0 aliphatic heterocycles. The van der Waals surface area contributed by atoms with Gasteiger partial charge in [-0.25, -0.2) is 9.97 Å². The van der Waals surface area contributed by atoms with Crippen molar-refractivity contribution in [1.29, 1.82) is 0 Å². The third-order valence-corrected chi connectivity index (χ3v) is 2.33. The highest BCUT2D eigenvalue weighted by Crippen LogP contribution is 2.09. The van der Waals surface area contributed by atoms with E-state index in [9.17, 15) is 5.11 Å². The summed E-state index contributed by atoms with van der Waals surface area (Å²) in [6.45, 7) is 6.29. The molecule has 1 aromatic heterocycles. The standard InChI is InChI=1S/C12H20N2O/c1-4-10-6-11(14-8-13-10)7-12(15)5-9(2)3/h6,8-9,12,15H,4-5,7H2,1-3H3. The summed E-state index contributed by atoms with van der Waals surface area (Å²) >= 11 is 0. The number of rotatable bonds is 5. The maximum Gasteiger partial charge on any atom is 0.115 e. The summed E-state index contributed by atoms with van der Waals surface area (Å²) in [6, 6.07) is 1.98. The summed E-state index contributed by atoms with van der Waals surface area (Å²) in [5.74, 6) is 0.521. The average Bonchev–Trinajstić information content (AvgIpc) is 2.16. The maximum atomic E-state index is 9.78. The molecule has 84 valence electrons. The van der Waals surface area contributed by atoms with Crippen LogP contribution < -0.4 is 0 Å². The number of aromatic nitrogens is 2. The van der Waals surface area contributed by atoms with Crippen LogP contribution in [0.2, 0.25) is 0 Å². The summed E-state index contributed by atoms with van der Waals surface area (Å²) in [6.07, 6.45) is 3.66. The molecule has 0 saturated heterocycles. The normalized spacial score (nSPS) is 13.1. The van der Waals surface area contributed by atoms with Crippen molar-refractivity contribution in [3.05, 3.63) is 23.8 Å². The molecular weight excluding hydrogens is 188 g/mol. The Hall–Kier alpha value is -0.960. The molecule has 3 heteroatoms. The first kappa shape index (κ1) is 12.1. The van der Waals surface area contributed by atoms with Gasteiger partial charge < -0.3 is 5.11 Å². The Labute approximate surface area is 91.6 Å². The van der Waals surface area contributed by atoms with Crippen molar-refractivity contribution in [2.75, 3.05) is 0 Å². The zero-order valence-corrected chi connectivity index (χ0v) is 9.77. The largest absolute Gasteiger partial charge is 0.393 e. The number of aliphatic hydroxyl groups excluding tert-OH is 1. The third-order valence-electron chi connectivity index (χ3n) is 2.33. The molecule has 0 bridgehead atoms. The predicted molar refractivity (Wildman–Crippen MR) is 60.6 cm³/mol. The van der Waals surface area contributed by atoms with Crippen LogP contribution in [0.4, 0.5) is 0 Å². The first-order valence-electron chi connectivity index (χ1n) is 5.59. The van der Waals surface area contributed by atoms with Crippen LogP contribution in [-0.4, -0.2) is 21.2 Å². The maximum absolute atomic E-state index is 9.78. The molecule has 0 radical (unpaired) electrons. The van der Waals surface area contributed by atoms with Crippen molar-refractivity contribution >= 4 is 0 Å². The van der Waals surface area contributed by atoms with Crippen LogP contribution in [0.15, 0.2) is 12.4 Å². The minimum Gasteiger partial charge on any atom is -0.393 e. The van der Waals surface area contributed by atoms with Crippen molar-refractivity contribution in [1.82, 2.24) is 9.97 Å². The molecule has 0 saturated carbocycles. The van der Waals surface area contributed by atoms with Gasteiger partial charge in [0, 0.05) is 17.8 Å². The zero-order chi connectivity index (χ0) is 11.3. The molecule has 3 nitrogen and oxygen atoms in total. The first-order chi connectivity index (χ1) is 7.11. The van der Waals surface area contributed by atoms with Crippen LogP contribution in [0.25, 0.3) is 0 Å². The predicted octanol–water partition coefficient (Wildman–Crippen LogP) is 1.99. The highest BCUT2D eigenvalue weighted by molar-refractivity contribution is 5.08. The van der Waals surface area contributed by atoms with E-state index in [4.69, 9.17) is 0 Å². The van der Waals surface area contributed by atoms with E-state index in [1.807, 2.05) is 6.07 Å². The fourth-order valence-corrected chi connectivity index (χ4v) is 1.62. The van der Waals surface area contributed by atoms with Gasteiger partial charge in [0.1, 0.15) is 6.33 Å². The van der Waals surface area contributed by atoms with Gasteiger partial charge in [0.2, 0.25) is 0 Å². The van der Waals surface area contributed by atoms with Crippen molar-refractivity contribution in [3.8, 4) is 0 Å². The van der Waals surface area contributed by atoms with Gasteiger partial charge in [-0.2, -0.15) is 0 Å². The van der Waals surface area contributed by atoms with E-state index in [0.29, 0.717) is 12.3 Å². The molecule has 15 heavy (non-hydrogen) atoms. The van der Waals surface area contributed by atoms with E-state index in [0.717, 1.165) is 24.2 Å². The van der Waals surface area contributed by atoms with Gasteiger partial charge in [0.05, 0.1) is 6.10 Å². The molecule has 1 rings (SSSR count). The third kappa shape index (κ3) is 4.38. The molecule has 1 N–H and O–H groups in total. The van der Waals surface area contributed by atoms with Gasteiger partial charge in [-0.1, -0.05) is 20.8 Å². The van der Waals surface area contributed by atoms with Gasteiger partial charge in [-0.3, -0.25) is 0 Å². The molecule has 1 atom stereocenters. The number of aliphatic hydroxyl groups is 1. The lowest BCUT2D eigenvalue weighted by Gasteiger charge is -2.12. The second-order valence-corrected chi connectivity index (χ2v) is 4.34. The number of nitrogens with zero attached hydrogens (tertiary/aromatic N) is 2. The van der Waals surface area contributed by atoms with Gasteiger partial charge in [-0.15, -0.1) is 0 Å². The second kappa shape index (κ2) is 5.81. The number of hydrogen-bond acceptors (Lipinski definition) is 3. The molecule has 1 aromatic rings. The first-order valence-corrected chi connectivity index (χ1v) is 5.59. The molecule has 1 unspecified atom stereocenters. The summed E-state index contributed by atoms with van der Waals surface area (Å²) in [7, 11) is 0. The van der Waals surface area contributed by atoms with E-state index < -0.39 is 0 Å². The lowest BCUT2D eigenvalue weighted by atomic mass is 10.0.